The number of aromatic nitrogens is 3. The van der Waals surface area contributed by atoms with Crippen LogP contribution in [0.5, 0.6) is 0 Å². The molecule has 102 valence electrons. The Morgan fingerprint density at radius 3 is 2.89 bits per heavy atom. The van der Waals surface area contributed by atoms with Crippen molar-refractivity contribution >= 4 is 0 Å². The maximum Gasteiger partial charge on any atom is 0.350 e. The largest absolute Gasteiger partial charge is 0.394 e. The molecule has 4 atom stereocenters. The fourth-order valence-electron chi connectivity index (χ4n) is 1.92. The Hall–Kier alpha value is -1.99. The lowest BCUT2D eigenvalue weighted by atomic mass is 9.92. The lowest BCUT2D eigenvalue weighted by molar-refractivity contribution is -0.0481. The molecule has 0 aliphatic carbocycles. The van der Waals surface area contributed by atoms with Gasteiger partial charge in [0.1, 0.15) is 18.5 Å². The van der Waals surface area contributed by atoms with Crippen molar-refractivity contribution in [3.63, 3.8) is 0 Å². The van der Waals surface area contributed by atoms with Gasteiger partial charge >= 0.3 is 11.4 Å². The number of nitrogens with two attached hydrogens (primary N) is 1. The fraction of sp³-hybridized carbons (Fsp3) is 0.500. The summed E-state index contributed by atoms with van der Waals surface area (Å²) in [5, 5.41) is 19.0. The van der Waals surface area contributed by atoms with Gasteiger partial charge in [-0.15, -0.1) is 6.42 Å². The van der Waals surface area contributed by atoms with Crippen molar-refractivity contribution < 1.29 is 14.9 Å². The Bertz CT molecular complexity index is 632. The molecule has 1 fully saturated rings. The van der Waals surface area contributed by atoms with Gasteiger partial charge in [-0.3, -0.25) is 9.55 Å². The van der Waals surface area contributed by atoms with Crippen LogP contribution in [-0.2, 0) is 4.74 Å². The number of hydrogen-bond donors (Lipinski definition) is 4. The summed E-state index contributed by atoms with van der Waals surface area (Å²) in [5.41, 5.74) is 2.46. The molecular weight excluding hydrogens is 256 g/mol. The number of rotatable bonds is 2. The van der Waals surface area contributed by atoms with Crippen LogP contribution in [0.2, 0.25) is 0 Å². The summed E-state index contributed by atoms with van der Waals surface area (Å²) in [6.45, 7) is -0.524. The van der Waals surface area contributed by atoms with Crippen LogP contribution in [-0.4, -0.2) is 49.1 Å². The highest BCUT2D eigenvalue weighted by atomic mass is 16.5. The molecule has 1 aliphatic rings. The third-order valence-corrected chi connectivity index (χ3v) is 2.98. The summed E-state index contributed by atoms with van der Waals surface area (Å²) in [6, 6.07) is 0. The van der Waals surface area contributed by atoms with Gasteiger partial charge in [-0.1, -0.05) is 5.92 Å². The quantitative estimate of drug-likeness (QED) is 0.407. The Balaban J connectivity index is 2.52. The van der Waals surface area contributed by atoms with E-state index in [9.17, 15) is 14.7 Å². The summed E-state index contributed by atoms with van der Waals surface area (Å²) < 4.78 is 6.13. The van der Waals surface area contributed by atoms with E-state index in [1.54, 1.807) is 0 Å². The van der Waals surface area contributed by atoms with Gasteiger partial charge < -0.3 is 20.7 Å². The van der Waals surface area contributed by atoms with Crippen molar-refractivity contribution in [3.8, 4) is 12.3 Å². The van der Waals surface area contributed by atoms with Crippen molar-refractivity contribution in [1.82, 2.24) is 14.5 Å². The third-order valence-electron chi connectivity index (χ3n) is 2.98. The summed E-state index contributed by atoms with van der Waals surface area (Å²) in [6.07, 6.45) is 2.54. The predicted molar refractivity (Wildman–Crippen MR) is 61.9 cm³/mol. The second-order valence-corrected chi connectivity index (χ2v) is 4.12. The van der Waals surface area contributed by atoms with Crippen molar-refractivity contribution in [2.45, 2.75) is 24.0 Å². The maximum atomic E-state index is 11.7. The van der Waals surface area contributed by atoms with Gasteiger partial charge in [0.05, 0.1) is 6.61 Å². The molecule has 0 aromatic carbocycles. The third kappa shape index (κ3) is 1.96. The minimum Gasteiger partial charge on any atom is -0.394 e. The molecule has 0 radical (unpaired) electrons. The van der Waals surface area contributed by atoms with E-state index in [-0.39, 0.29) is 0 Å². The van der Waals surface area contributed by atoms with Crippen molar-refractivity contribution in [2.75, 3.05) is 6.61 Å². The predicted octanol–water partition coefficient (Wildman–Crippen LogP) is -3.49. The van der Waals surface area contributed by atoms with Gasteiger partial charge in [0.25, 0.3) is 0 Å². The normalized spacial score (nSPS) is 34.1. The zero-order valence-corrected chi connectivity index (χ0v) is 9.68. The van der Waals surface area contributed by atoms with Crippen LogP contribution in [0.1, 0.15) is 6.23 Å². The van der Waals surface area contributed by atoms with Crippen LogP contribution in [0, 0.1) is 12.3 Å². The molecule has 2 rings (SSSR count). The number of hydrogen-bond acceptors (Lipinski definition) is 7. The van der Waals surface area contributed by atoms with E-state index in [2.05, 4.69) is 10.9 Å². The second kappa shape index (κ2) is 4.60. The lowest BCUT2D eigenvalue weighted by Crippen LogP contribution is -2.55. The Morgan fingerprint density at radius 2 is 2.37 bits per heavy atom. The summed E-state index contributed by atoms with van der Waals surface area (Å²) in [5.74, 6) is 2.16. The number of nitrogens with one attached hydrogen (secondary N) is 1. The zero-order valence-electron chi connectivity index (χ0n) is 9.68. The van der Waals surface area contributed by atoms with Gasteiger partial charge in [-0.25, -0.2) is 9.59 Å². The number of H-pyrrole nitrogens is 1. The molecule has 9 nitrogen and oxygen atoms in total. The van der Waals surface area contributed by atoms with E-state index < -0.39 is 42.0 Å². The first-order valence-corrected chi connectivity index (χ1v) is 5.32. The molecule has 9 heteroatoms. The summed E-state index contributed by atoms with van der Waals surface area (Å²) >= 11 is 0. The van der Waals surface area contributed by atoms with E-state index in [1.165, 1.54) is 0 Å². The molecule has 2 heterocycles. The van der Waals surface area contributed by atoms with Gasteiger partial charge in [-0.05, 0) is 0 Å². The zero-order chi connectivity index (χ0) is 14.2. The minimum atomic E-state index is -1.73. The van der Waals surface area contributed by atoms with Crippen LogP contribution >= 0.6 is 0 Å². The fourth-order valence-corrected chi connectivity index (χ4v) is 1.92. The molecule has 0 spiro atoms. The van der Waals surface area contributed by atoms with Gasteiger partial charge in [0.2, 0.25) is 0 Å². The average Bonchev–Trinajstić information content (AvgIpc) is 2.63. The Morgan fingerprint density at radius 1 is 1.68 bits per heavy atom. The van der Waals surface area contributed by atoms with Crippen molar-refractivity contribution in [3.05, 3.63) is 27.3 Å². The van der Waals surface area contributed by atoms with Crippen LogP contribution in [0.4, 0.5) is 0 Å². The number of terminal acetylenes is 1. The van der Waals surface area contributed by atoms with Gasteiger partial charge in [0.15, 0.2) is 11.8 Å². The van der Waals surface area contributed by atoms with Crippen LogP contribution in [0.3, 0.4) is 0 Å². The molecule has 0 amide bonds. The van der Waals surface area contributed by atoms with Gasteiger partial charge in [0, 0.05) is 0 Å². The average molecular weight is 268 g/mol. The van der Waals surface area contributed by atoms with Crippen molar-refractivity contribution in [1.29, 1.82) is 0 Å². The number of nitrogens with zero attached hydrogens (tertiary/aromatic N) is 2. The number of aliphatic hydroxyl groups is 2. The SMILES string of the molecule is C#C[C@@]1(N)C(O)[C@@H](CO)O[C@H]1n1cnc(=O)[nH]c1=O. The van der Waals surface area contributed by atoms with Crippen LogP contribution in [0.15, 0.2) is 15.9 Å². The highest BCUT2D eigenvalue weighted by Crippen LogP contribution is 2.34. The van der Waals surface area contributed by atoms with Crippen LogP contribution < -0.4 is 17.1 Å². The van der Waals surface area contributed by atoms with E-state index in [4.69, 9.17) is 22.0 Å². The molecule has 0 saturated carbocycles. The summed E-state index contributed by atoms with van der Waals surface area (Å²) in [7, 11) is 0. The molecule has 1 aromatic rings. The molecular formula is C10H12N4O5. The van der Waals surface area contributed by atoms with Crippen molar-refractivity contribution in [2.24, 2.45) is 5.73 Å². The highest BCUT2D eigenvalue weighted by Gasteiger charge is 2.54. The van der Waals surface area contributed by atoms with E-state index in [1.807, 2.05) is 4.98 Å². The van der Waals surface area contributed by atoms with E-state index in [0.29, 0.717) is 0 Å². The first-order valence-electron chi connectivity index (χ1n) is 5.32. The van der Waals surface area contributed by atoms with E-state index in [0.717, 1.165) is 10.9 Å². The summed E-state index contributed by atoms with van der Waals surface area (Å²) in [4.78, 5) is 27.8. The maximum absolute atomic E-state index is 11.7. The molecule has 1 aliphatic heterocycles. The lowest BCUT2D eigenvalue weighted by Gasteiger charge is -2.27. The number of aromatic amines is 1. The topological polar surface area (TPSA) is 143 Å². The first-order chi connectivity index (χ1) is 8.93. The smallest absolute Gasteiger partial charge is 0.350 e. The Labute approximate surface area is 106 Å². The monoisotopic (exact) mass is 268 g/mol. The highest BCUT2D eigenvalue weighted by molar-refractivity contribution is 5.22. The van der Waals surface area contributed by atoms with E-state index >= 15 is 0 Å². The molecule has 1 unspecified atom stereocenters. The molecule has 1 aromatic heterocycles. The number of aliphatic hydroxyl groups excluding tert-OH is 2. The number of ether oxygens (including phenoxy) is 1. The minimum absolute atomic E-state index is 0.524. The molecule has 19 heavy (non-hydrogen) atoms. The first kappa shape index (κ1) is 13.4. The molecule has 0 bridgehead atoms. The molecule has 1 saturated heterocycles. The van der Waals surface area contributed by atoms with Gasteiger partial charge in [-0.2, -0.15) is 4.98 Å². The van der Waals surface area contributed by atoms with Crippen LogP contribution in [0.25, 0.3) is 0 Å². The molecule has 5 N–H and O–H groups in total. The Kier molecular flexibility index (Phi) is 3.25. The second-order valence-electron chi connectivity index (χ2n) is 4.12. The standard InChI is InChI=1S/C10H12N4O5/c1-2-10(11)6(16)5(3-15)19-7(10)14-4-12-8(17)13-9(14)18/h1,4-7,15-16H,3,11H2,(H,13,17,18)/t5-,6?,7-,10-/m1/s1.